The van der Waals surface area contributed by atoms with E-state index in [1.807, 2.05) is 0 Å². The van der Waals surface area contributed by atoms with Crippen molar-refractivity contribution in [1.82, 2.24) is 0 Å². The maximum absolute atomic E-state index is 13.8. The van der Waals surface area contributed by atoms with Gasteiger partial charge in [0, 0.05) is 47.8 Å². The van der Waals surface area contributed by atoms with E-state index in [1.165, 1.54) is 17.7 Å². The molecule has 7 rings (SSSR count). The molecule has 4 saturated carbocycles. The summed E-state index contributed by atoms with van der Waals surface area (Å²) in [4.78, 5) is 51.1. The second-order valence-corrected chi connectivity index (χ2v) is 14.3. The van der Waals surface area contributed by atoms with Gasteiger partial charge in [-0.25, -0.2) is 0 Å². The van der Waals surface area contributed by atoms with Gasteiger partial charge in [0.25, 0.3) is 5.69 Å². The summed E-state index contributed by atoms with van der Waals surface area (Å²) in [5, 5.41) is 10.9. The minimum absolute atomic E-state index is 0.00610. The summed E-state index contributed by atoms with van der Waals surface area (Å²) in [6.45, 7) is 8.82. The Balaban J connectivity index is 1.25. The van der Waals surface area contributed by atoms with E-state index in [9.17, 15) is 24.5 Å². The third-order valence-electron chi connectivity index (χ3n) is 12.1. The molecule has 1 aromatic rings. The van der Waals surface area contributed by atoms with Crippen LogP contribution in [0.5, 0.6) is 0 Å². The van der Waals surface area contributed by atoms with Crippen molar-refractivity contribution in [3.63, 3.8) is 0 Å². The molecule has 7 heteroatoms. The number of esters is 1. The number of rotatable bonds is 4. The number of non-ortho nitro benzene ring substituents is 1. The van der Waals surface area contributed by atoms with Crippen molar-refractivity contribution in [3.05, 3.63) is 51.6 Å². The Labute approximate surface area is 248 Å². The fourth-order valence-electron chi connectivity index (χ4n) is 10.4. The molecule has 0 radical (unpaired) electrons. The minimum Gasteiger partial charge on any atom is -0.452 e. The average molecular weight is 572 g/mol. The van der Waals surface area contributed by atoms with E-state index in [4.69, 9.17) is 4.74 Å². The summed E-state index contributed by atoms with van der Waals surface area (Å²) >= 11 is 0. The molecule has 222 valence electrons. The quantitative estimate of drug-likeness (QED) is 0.135. The van der Waals surface area contributed by atoms with Crippen molar-refractivity contribution >= 4 is 23.2 Å². The minimum atomic E-state index is -0.642. The van der Waals surface area contributed by atoms with Crippen LogP contribution in [0.25, 0.3) is 0 Å². The number of carbonyl (C=O) groups excluding carboxylic acids is 3. The number of allylic oxidation sites excluding steroid dienone is 2. The number of hydrogen-bond donors (Lipinski definition) is 0. The maximum Gasteiger partial charge on any atom is 0.313 e. The molecule has 6 aliphatic rings. The third kappa shape index (κ3) is 4.19. The van der Waals surface area contributed by atoms with Gasteiger partial charge in [0.05, 0.1) is 10.3 Å². The Morgan fingerprint density at radius 2 is 1.79 bits per heavy atom. The highest BCUT2D eigenvalue weighted by Crippen LogP contribution is 2.74. The molecule has 1 aromatic carbocycles. The number of ketones is 2. The van der Waals surface area contributed by atoms with Gasteiger partial charge in [0.15, 0.2) is 6.61 Å². The monoisotopic (exact) mass is 571 g/mol. The van der Waals surface area contributed by atoms with Crippen LogP contribution in [-0.2, 0) is 19.1 Å². The molecule has 1 spiro atoms. The molecule has 0 aliphatic heterocycles. The number of nitro benzene ring substituents is 1. The van der Waals surface area contributed by atoms with Gasteiger partial charge in [-0.15, -0.1) is 0 Å². The van der Waals surface area contributed by atoms with Gasteiger partial charge in [-0.1, -0.05) is 50.7 Å². The topological polar surface area (TPSA) is 104 Å². The standard InChI is InChI=1S/C35H41NO6/c1-21(2)25-20-35-17-14-28-33(3,29(35)19-24(25)30-26(37)12-13-27(38)31(30)35)15-6-16-34(28,4)32(39)42-18-5-7-22-8-10-23(11-9-22)36(40)41/h8-11,20-21,24,28-31H,6,12-19H2,1-4H3. The SMILES string of the molecule is CC(C)C1=CC23CCC4C(C)(C(=O)OCC#Cc5ccc([N+](=O)[O-])cc5)CCCC4(C)C2CC1C1C(=O)CCC(=O)C13. The number of ether oxygens (including phenoxy) is 1. The number of fused-ring (bicyclic) bond motifs is 1. The zero-order valence-electron chi connectivity index (χ0n) is 25.1. The van der Waals surface area contributed by atoms with Crippen LogP contribution in [-0.4, -0.2) is 29.1 Å². The molecule has 4 fully saturated rings. The first-order chi connectivity index (χ1) is 19.9. The molecular weight excluding hydrogens is 530 g/mol. The third-order valence-corrected chi connectivity index (χ3v) is 12.1. The van der Waals surface area contributed by atoms with Crippen LogP contribution in [0.3, 0.4) is 0 Å². The summed E-state index contributed by atoms with van der Waals surface area (Å²) in [5.41, 5.74) is 0.944. The van der Waals surface area contributed by atoms with E-state index in [-0.39, 0.29) is 70.2 Å². The molecule has 0 aromatic heterocycles. The van der Waals surface area contributed by atoms with Gasteiger partial charge in [-0.05, 0) is 80.2 Å². The van der Waals surface area contributed by atoms with Crippen LogP contribution in [0.15, 0.2) is 35.9 Å². The van der Waals surface area contributed by atoms with E-state index in [2.05, 4.69) is 45.6 Å². The van der Waals surface area contributed by atoms with Crippen LogP contribution in [0, 0.1) is 73.7 Å². The number of nitro groups is 1. The molecule has 6 aliphatic carbocycles. The lowest BCUT2D eigenvalue weighted by Gasteiger charge is -2.70. The van der Waals surface area contributed by atoms with Gasteiger partial charge < -0.3 is 4.74 Å². The number of carbonyl (C=O) groups is 3. The van der Waals surface area contributed by atoms with E-state index in [0.29, 0.717) is 24.3 Å². The summed E-state index contributed by atoms with van der Waals surface area (Å²) in [5.74, 6) is 6.68. The molecule has 0 N–H and O–H groups in total. The molecule has 8 unspecified atom stereocenters. The van der Waals surface area contributed by atoms with E-state index < -0.39 is 10.3 Å². The maximum atomic E-state index is 13.8. The van der Waals surface area contributed by atoms with Crippen LogP contribution in [0.4, 0.5) is 5.69 Å². The number of hydrogen-bond acceptors (Lipinski definition) is 6. The van der Waals surface area contributed by atoms with Crippen molar-refractivity contribution in [2.24, 2.45) is 51.8 Å². The average Bonchev–Trinajstić information content (AvgIpc) is 2.96. The molecule has 7 nitrogen and oxygen atoms in total. The lowest BCUT2D eigenvalue weighted by Crippen LogP contribution is -2.67. The van der Waals surface area contributed by atoms with E-state index in [1.54, 1.807) is 12.1 Å². The Bertz CT molecular complexity index is 1430. The molecule has 0 heterocycles. The normalized spacial score (nSPS) is 38.4. The van der Waals surface area contributed by atoms with E-state index >= 15 is 0 Å². The summed E-state index contributed by atoms with van der Waals surface area (Å²) < 4.78 is 5.79. The predicted molar refractivity (Wildman–Crippen MR) is 157 cm³/mol. The Hall–Kier alpha value is -3.27. The van der Waals surface area contributed by atoms with Gasteiger partial charge in [-0.2, -0.15) is 0 Å². The Morgan fingerprint density at radius 3 is 2.48 bits per heavy atom. The molecular formula is C35H41NO6. The highest BCUT2D eigenvalue weighted by atomic mass is 16.6. The fourth-order valence-corrected chi connectivity index (χ4v) is 10.4. The smallest absolute Gasteiger partial charge is 0.313 e. The number of Topliss-reactive ketones (excluding diaryl/α,β-unsaturated/α-hetero) is 2. The van der Waals surface area contributed by atoms with Gasteiger partial charge >= 0.3 is 5.97 Å². The number of benzene rings is 1. The van der Waals surface area contributed by atoms with Crippen LogP contribution < -0.4 is 0 Å². The lowest BCUT2D eigenvalue weighted by atomic mass is 9.33. The van der Waals surface area contributed by atoms with Gasteiger partial charge in [-0.3, -0.25) is 24.5 Å². The van der Waals surface area contributed by atoms with Gasteiger partial charge in [0.1, 0.15) is 11.6 Å². The van der Waals surface area contributed by atoms with Gasteiger partial charge in [0.2, 0.25) is 0 Å². The second-order valence-electron chi connectivity index (χ2n) is 14.3. The first-order valence-electron chi connectivity index (χ1n) is 15.6. The Kier molecular flexibility index (Phi) is 6.98. The Morgan fingerprint density at radius 1 is 1.07 bits per heavy atom. The molecule has 8 atom stereocenters. The van der Waals surface area contributed by atoms with E-state index in [0.717, 1.165) is 38.5 Å². The number of nitrogens with zero attached hydrogens (tertiary/aromatic N) is 1. The van der Waals surface area contributed by atoms with Crippen molar-refractivity contribution in [2.75, 3.05) is 6.61 Å². The van der Waals surface area contributed by atoms with Crippen molar-refractivity contribution in [1.29, 1.82) is 0 Å². The van der Waals surface area contributed by atoms with Crippen LogP contribution in [0.1, 0.15) is 84.6 Å². The molecule has 0 amide bonds. The molecule has 42 heavy (non-hydrogen) atoms. The zero-order chi connectivity index (χ0) is 30.0. The highest BCUT2D eigenvalue weighted by Gasteiger charge is 2.71. The molecule has 2 bridgehead atoms. The molecule has 0 saturated heterocycles. The first kappa shape index (κ1) is 28.8. The lowest BCUT2D eigenvalue weighted by molar-refractivity contribution is -0.384. The fraction of sp³-hybridized carbons (Fsp3) is 0.629. The summed E-state index contributed by atoms with van der Waals surface area (Å²) in [7, 11) is 0. The summed E-state index contributed by atoms with van der Waals surface area (Å²) in [6, 6.07) is 5.99. The predicted octanol–water partition coefficient (Wildman–Crippen LogP) is 6.48. The summed E-state index contributed by atoms with van der Waals surface area (Å²) in [6.07, 6.45) is 8.54. The van der Waals surface area contributed by atoms with Crippen LogP contribution >= 0.6 is 0 Å². The van der Waals surface area contributed by atoms with Crippen LogP contribution in [0.2, 0.25) is 0 Å². The second kappa shape index (κ2) is 10.2. The highest BCUT2D eigenvalue weighted by molar-refractivity contribution is 5.98. The van der Waals surface area contributed by atoms with Crippen molar-refractivity contribution in [2.45, 2.75) is 79.1 Å². The van der Waals surface area contributed by atoms with Crippen molar-refractivity contribution < 1.29 is 24.0 Å². The van der Waals surface area contributed by atoms with Crippen molar-refractivity contribution in [3.8, 4) is 11.8 Å². The largest absolute Gasteiger partial charge is 0.452 e. The zero-order valence-corrected chi connectivity index (χ0v) is 25.1. The first-order valence-corrected chi connectivity index (χ1v) is 15.6.